The van der Waals surface area contributed by atoms with E-state index in [0.717, 1.165) is 31.0 Å². The van der Waals surface area contributed by atoms with Crippen LogP contribution < -0.4 is 10.6 Å². The zero-order valence-corrected chi connectivity index (χ0v) is 11.5. The maximum atomic E-state index is 4.47. The molecule has 1 aromatic heterocycles. The molecule has 1 atom stereocenters. The third kappa shape index (κ3) is 6.39. The summed E-state index contributed by atoms with van der Waals surface area (Å²) in [4.78, 5) is 4.47. The van der Waals surface area contributed by atoms with Gasteiger partial charge in [0.05, 0.1) is 5.69 Å². The topological polar surface area (TPSA) is 37.0 Å². The molecule has 1 aromatic rings. The first-order chi connectivity index (χ1) is 8.08. The van der Waals surface area contributed by atoms with Crippen molar-refractivity contribution in [3.63, 3.8) is 0 Å². The molecule has 0 radical (unpaired) electrons. The average Bonchev–Trinajstić information content (AvgIpc) is 2.26. The fourth-order valence-electron chi connectivity index (χ4n) is 1.64. The molecule has 17 heavy (non-hydrogen) atoms. The molecule has 2 N–H and O–H groups in total. The van der Waals surface area contributed by atoms with E-state index in [-0.39, 0.29) is 0 Å². The van der Waals surface area contributed by atoms with Crippen molar-refractivity contribution in [2.75, 3.05) is 13.1 Å². The van der Waals surface area contributed by atoms with Crippen LogP contribution in [0.25, 0.3) is 0 Å². The molecule has 96 valence electrons. The van der Waals surface area contributed by atoms with Gasteiger partial charge >= 0.3 is 0 Å². The van der Waals surface area contributed by atoms with E-state index in [2.05, 4.69) is 48.5 Å². The van der Waals surface area contributed by atoms with Crippen LogP contribution >= 0.6 is 0 Å². The lowest BCUT2D eigenvalue weighted by Crippen LogP contribution is -2.37. The fraction of sp³-hybridized carbons (Fsp3) is 0.643. The minimum Gasteiger partial charge on any atom is -0.315 e. The molecule has 0 saturated heterocycles. The number of aryl methyl sites for hydroxylation is 1. The molecule has 1 rings (SSSR count). The minimum absolute atomic E-state index is 0.469. The van der Waals surface area contributed by atoms with Crippen LogP contribution in [0.15, 0.2) is 18.2 Å². The lowest BCUT2D eigenvalue weighted by molar-refractivity contribution is 0.470. The molecule has 1 unspecified atom stereocenters. The van der Waals surface area contributed by atoms with E-state index in [1.807, 2.05) is 13.0 Å². The molecule has 0 aromatic carbocycles. The highest BCUT2D eigenvalue weighted by molar-refractivity contribution is 5.09. The van der Waals surface area contributed by atoms with Gasteiger partial charge in [-0.05, 0) is 38.4 Å². The zero-order chi connectivity index (χ0) is 12.7. The minimum atomic E-state index is 0.469. The molecular weight excluding hydrogens is 210 g/mol. The Hall–Kier alpha value is -0.930. The summed E-state index contributed by atoms with van der Waals surface area (Å²) in [7, 11) is 0. The van der Waals surface area contributed by atoms with Crippen molar-refractivity contribution < 1.29 is 0 Å². The van der Waals surface area contributed by atoms with Gasteiger partial charge in [-0.25, -0.2) is 0 Å². The van der Waals surface area contributed by atoms with E-state index in [9.17, 15) is 0 Å². The van der Waals surface area contributed by atoms with Gasteiger partial charge in [-0.1, -0.05) is 19.9 Å². The second-order valence-electron chi connectivity index (χ2n) is 5.10. The van der Waals surface area contributed by atoms with Crippen molar-refractivity contribution in [1.82, 2.24) is 15.6 Å². The van der Waals surface area contributed by atoms with Crippen LogP contribution in [0.4, 0.5) is 0 Å². The van der Waals surface area contributed by atoms with E-state index in [0.29, 0.717) is 12.0 Å². The molecule has 3 nitrogen and oxygen atoms in total. The SMILES string of the molecule is Cc1cccc(CNC(C)CNCC(C)C)n1. The summed E-state index contributed by atoms with van der Waals surface area (Å²) in [6, 6.07) is 6.61. The summed E-state index contributed by atoms with van der Waals surface area (Å²) in [6.07, 6.45) is 0. The summed E-state index contributed by atoms with van der Waals surface area (Å²) in [5.41, 5.74) is 2.19. The maximum Gasteiger partial charge on any atom is 0.0544 e. The van der Waals surface area contributed by atoms with Gasteiger partial charge in [0.25, 0.3) is 0 Å². The van der Waals surface area contributed by atoms with Gasteiger partial charge in [0.1, 0.15) is 0 Å². The smallest absolute Gasteiger partial charge is 0.0544 e. The van der Waals surface area contributed by atoms with Crippen LogP contribution in [0.1, 0.15) is 32.2 Å². The largest absolute Gasteiger partial charge is 0.315 e. The van der Waals surface area contributed by atoms with Gasteiger partial charge in [-0.2, -0.15) is 0 Å². The van der Waals surface area contributed by atoms with Crippen molar-refractivity contribution >= 4 is 0 Å². The Morgan fingerprint density at radius 3 is 2.59 bits per heavy atom. The fourth-order valence-corrected chi connectivity index (χ4v) is 1.64. The predicted molar refractivity (Wildman–Crippen MR) is 73.0 cm³/mol. The maximum absolute atomic E-state index is 4.47. The molecule has 0 bridgehead atoms. The number of hydrogen-bond donors (Lipinski definition) is 2. The first-order valence-electron chi connectivity index (χ1n) is 6.44. The van der Waals surface area contributed by atoms with Gasteiger partial charge < -0.3 is 10.6 Å². The van der Waals surface area contributed by atoms with Crippen LogP contribution in [-0.4, -0.2) is 24.1 Å². The summed E-state index contributed by atoms with van der Waals surface area (Å²) >= 11 is 0. The second-order valence-corrected chi connectivity index (χ2v) is 5.10. The Kier molecular flexibility index (Phi) is 6.16. The number of nitrogens with one attached hydrogen (secondary N) is 2. The second kappa shape index (κ2) is 7.41. The third-order valence-corrected chi connectivity index (χ3v) is 2.58. The van der Waals surface area contributed by atoms with Gasteiger partial charge in [0.2, 0.25) is 0 Å². The van der Waals surface area contributed by atoms with Crippen LogP contribution in [0.3, 0.4) is 0 Å². The first kappa shape index (κ1) is 14.1. The Bertz CT molecular complexity index is 323. The molecule has 1 heterocycles. The van der Waals surface area contributed by atoms with Crippen molar-refractivity contribution in [3.05, 3.63) is 29.6 Å². The normalized spacial score (nSPS) is 13.0. The summed E-state index contributed by atoms with van der Waals surface area (Å²) in [6.45, 7) is 11.6. The predicted octanol–water partition coefficient (Wildman–Crippen LogP) is 2.11. The van der Waals surface area contributed by atoms with Crippen LogP contribution in [-0.2, 0) is 6.54 Å². The van der Waals surface area contributed by atoms with E-state index in [4.69, 9.17) is 0 Å². The molecule has 0 aliphatic rings. The quantitative estimate of drug-likeness (QED) is 0.760. The molecule has 0 aliphatic carbocycles. The standard InChI is InChI=1S/C14H25N3/c1-11(2)8-15-9-13(4)16-10-14-7-5-6-12(3)17-14/h5-7,11,13,15-16H,8-10H2,1-4H3. The van der Waals surface area contributed by atoms with Crippen molar-refractivity contribution in [1.29, 1.82) is 0 Å². The zero-order valence-electron chi connectivity index (χ0n) is 11.5. The van der Waals surface area contributed by atoms with Crippen molar-refractivity contribution in [2.45, 2.75) is 40.3 Å². The molecule has 3 heteroatoms. The molecular formula is C14H25N3. The lowest BCUT2D eigenvalue weighted by Gasteiger charge is -2.15. The van der Waals surface area contributed by atoms with Gasteiger partial charge in [0, 0.05) is 24.8 Å². The molecule has 0 amide bonds. The number of aromatic nitrogens is 1. The molecule has 0 saturated carbocycles. The Morgan fingerprint density at radius 1 is 1.18 bits per heavy atom. The van der Waals surface area contributed by atoms with Crippen LogP contribution in [0.2, 0.25) is 0 Å². The highest BCUT2D eigenvalue weighted by Gasteiger charge is 2.02. The Morgan fingerprint density at radius 2 is 1.94 bits per heavy atom. The third-order valence-electron chi connectivity index (χ3n) is 2.58. The number of hydrogen-bond acceptors (Lipinski definition) is 3. The highest BCUT2D eigenvalue weighted by Crippen LogP contribution is 1.98. The van der Waals surface area contributed by atoms with Crippen molar-refractivity contribution in [3.8, 4) is 0 Å². The first-order valence-corrected chi connectivity index (χ1v) is 6.44. The van der Waals surface area contributed by atoms with E-state index in [1.54, 1.807) is 0 Å². The monoisotopic (exact) mass is 235 g/mol. The lowest BCUT2D eigenvalue weighted by atomic mass is 10.2. The van der Waals surface area contributed by atoms with E-state index in [1.165, 1.54) is 0 Å². The van der Waals surface area contributed by atoms with Gasteiger partial charge in [-0.3, -0.25) is 4.98 Å². The van der Waals surface area contributed by atoms with E-state index >= 15 is 0 Å². The van der Waals surface area contributed by atoms with E-state index < -0.39 is 0 Å². The number of rotatable bonds is 7. The van der Waals surface area contributed by atoms with Crippen LogP contribution in [0.5, 0.6) is 0 Å². The summed E-state index contributed by atoms with van der Waals surface area (Å²) in [5, 5.41) is 6.92. The Balaban J connectivity index is 2.21. The van der Waals surface area contributed by atoms with Crippen LogP contribution in [0, 0.1) is 12.8 Å². The summed E-state index contributed by atoms with van der Waals surface area (Å²) < 4.78 is 0. The molecule has 0 spiro atoms. The number of pyridine rings is 1. The summed E-state index contributed by atoms with van der Waals surface area (Å²) in [5.74, 6) is 0.709. The molecule has 0 fully saturated rings. The van der Waals surface area contributed by atoms with Gasteiger partial charge in [0.15, 0.2) is 0 Å². The average molecular weight is 235 g/mol. The van der Waals surface area contributed by atoms with Crippen molar-refractivity contribution in [2.24, 2.45) is 5.92 Å². The number of nitrogens with zero attached hydrogens (tertiary/aromatic N) is 1. The molecule has 0 aliphatic heterocycles. The Labute approximate surface area is 105 Å². The van der Waals surface area contributed by atoms with Gasteiger partial charge in [-0.15, -0.1) is 0 Å². The highest BCUT2D eigenvalue weighted by atomic mass is 15.0.